The highest BCUT2D eigenvalue weighted by Gasteiger charge is 2.22. The minimum atomic E-state index is -4.07. The molecule has 0 atom stereocenters. The Labute approximate surface area is 195 Å². The van der Waals surface area contributed by atoms with E-state index in [1.807, 2.05) is 34.9 Å². The third-order valence-corrected chi connectivity index (χ3v) is 6.38. The van der Waals surface area contributed by atoms with Crippen LogP contribution in [0.15, 0.2) is 42.9 Å². The lowest BCUT2D eigenvalue weighted by atomic mass is 10.2. The van der Waals surface area contributed by atoms with Crippen molar-refractivity contribution < 1.29 is 19.1 Å². The van der Waals surface area contributed by atoms with Crippen LogP contribution in [0.4, 0.5) is 5.82 Å². The molecule has 4 aromatic rings. The Balaban J connectivity index is 1.44. The monoisotopic (exact) mass is 484 g/mol. The molecular formula is C21H25N8O4P. The molecule has 34 heavy (non-hydrogen) atoms. The zero-order valence-corrected chi connectivity index (χ0v) is 19.3. The van der Waals surface area contributed by atoms with E-state index in [1.54, 1.807) is 17.2 Å². The van der Waals surface area contributed by atoms with Crippen LogP contribution in [0.5, 0.6) is 0 Å². The Hall–Kier alpha value is -3.18. The molecule has 1 saturated heterocycles. The standard InChI is InChI=1S/C21H25N8O4P/c30-34(31,32)13-12-33-11-10-28-15-22-18-19(27-8-4-5-9-27)23-21(24-20(18)28)29-14-17(25-26-29)16-6-2-1-3-7-16/h1-3,6-7,14-15H,4-5,8-13H2,(H2,30,31,32). The number of hydrogen-bond acceptors (Lipinski definition) is 8. The van der Waals surface area contributed by atoms with Crippen molar-refractivity contribution in [2.24, 2.45) is 0 Å². The van der Waals surface area contributed by atoms with Gasteiger partial charge in [-0.25, -0.2) is 4.98 Å². The zero-order valence-electron chi connectivity index (χ0n) is 18.4. The highest BCUT2D eigenvalue weighted by Crippen LogP contribution is 2.33. The van der Waals surface area contributed by atoms with Gasteiger partial charge in [-0.1, -0.05) is 35.5 Å². The number of anilines is 1. The molecular weight excluding hydrogens is 459 g/mol. The van der Waals surface area contributed by atoms with Gasteiger partial charge in [-0.15, -0.1) is 5.10 Å². The Morgan fingerprint density at radius 3 is 2.62 bits per heavy atom. The van der Waals surface area contributed by atoms with Gasteiger partial charge in [0.25, 0.3) is 5.95 Å². The first-order valence-electron chi connectivity index (χ1n) is 11.1. The van der Waals surface area contributed by atoms with Crippen molar-refractivity contribution in [3.05, 3.63) is 42.9 Å². The summed E-state index contributed by atoms with van der Waals surface area (Å²) in [4.78, 5) is 34.2. The predicted octanol–water partition coefficient (Wildman–Crippen LogP) is 1.87. The van der Waals surface area contributed by atoms with Crippen LogP contribution in [0.1, 0.15) is 12.8 Å². The summed E-state index contributed by atoms with van der Waals surface area (Å²) in [6.45, 7) is 2.48. The van der Waals surface area contributed by atoms with Crippen LogP contribution in [0, 0.1) is 0 Å². The van der Waals surface area contributed by atoms with Crippen LogP contribution < -0.4 is 4.90 Å². The van der Waals surface area contributed by atoms with E-state index in [4.69, 9.17) is 24.5 Å². The van der Waals surface area contributed by atoms with Crippen molar-refractivity contribution in [2.75, 3.05) is 37.4 Å². The maximum absolute atomic E-state index is 11.0. The lowest BCUT2D eigenvalue weighted by Crippen LogP contribution is -2.21. The second-order valence-electron chi connectivity index (χ2n) is 8.07. The molecule has 1 aliphatic heterocycles. The number of ether oxygens (including phenoxy) is 1. The molecule has 178 valence electrons. The predicted molar refractivity (Wildman–Crippen MR) is 125 cm³/mol. The highest BCUT2D eigenvalue weighted by atomic mass is 31.2. The summed E-state index contributed by atoms with van der Waals surface area (Å²) in [5, 5.41) is 8.54. The number of fused-ring (bicyclic) bond motifs is 1. The Kier molecular flexibility index (Phi) is 6.38. The van der Waals surface area contributed by atoms with Crippen LogP contribution in [0.25, 0.3) is 28.4 Å². The zero-order chi connectivity index (χ0) is 23.5. The lowest BCUT2D eigenvalue weighted by molar-refractivity contribution is 0.137. The molecule has 1 fully saturated rings. The average molecular weight is 484 g/mol. The molecule has 1 aromatic carbocycles. The van der Waals surface area contributed by atoms with E-state index in [-0.39, 0.29) is 19.4 Å². The molecule has 0 amide bonds. The van der Waals surface area contributed by atoms with E-state index >= 15 is 0 Å². The summed E-state index contributed by atoms with van der Waals surface area (Å²) in [5.74, 6) is 1.16. The SMILES string of the molecule is O=P(O)(O)CCOCCn1cnc2c(N3CCCC3)nc(-n3cc(-c4ccccc4)nn3)nc21. The Bertz CT molecular complexity index is 1310. The fourth-order valence-corrected chi connectivity index (χ4v) is 4.25. The van der Waals surface area contributed by atoms with Crippen LogP contribution in [-0.2, 0) is 15.8 Å². The summed E-state index contributed by atoms with van der Waals surface area (Å²) in [6.07, 6.45) is 5.37. The van der Waals surface area contributed by atoms with Crippen molar-refractivity contribution in [3.63, 3.8) is 0 Å². The Morgan fingerprint density at radius 2 is 1.85 bits per heavy atom. The van der Waals surface area contributed by atoms with Gasteiger partial charge in [0.15, 0.2) is 17.0 Å². The van der Waals surface area contributed by atoms with Gasteiger partial charge in [0.1, 0.15) is 5.69 Å². The van der Waals surface area contributed by atoms with E-state index < -0.39 is 7.60 Å². The van der Waals surface area contributed by atoms with Gasteiger partial charge in [0, 0.05) is 25.2 Å². The van der Waals surface area contributed by atoms with Crippen molar-refractivity contribution in [2.45, 2.75) is 19.4 Å². The van der Waals surface area contributed by atoms with Crippen molar-refractivity contribution >= 4 is 24.6 Å². The molecule has 0 unspecified atom stereocenters. The average Bonchev–Trinajstić information content (AvgIpc) is 3.59. The first-order valence-corrected chi connectivity index (χ1v) is 12.9. The van der Waals surface area contributed by atoms with Crippen molar-refractivity contribution in [3.8, 4) is 17.2 Å². The van der Waals surface area contributed by atoms with E-state index in [0.29, 0.717) is 23.7 Å². The van der Waals surface area contributed by atoms with E-state index in [2.05, 4.69) is 20.2 Å². The number of nitrogens with zero attached hydrogens (tertiary/aromatic N) is 8. The van der Waals surface area contributed by atoms with E-state index in [0.717, 1.165) is 43.0 Å². The van der Waals surface area contributed by atoms with E-state index in [9.17, 15) is 4.57 Å². The third kappa shape index (κ3) is 5.00. The summed E-state index contributed by atoms with van der Waals surface area (Å²) in [6, 6.07) is 9.78. The molecule has 0 radical (unpaired) electrons. The van der Waals surface area contributed by atoms with Gasteiger partial charge in [-0.05, 0) is 12.8 Å². The maximum Gasteiger partial charge on any atom is 0.327 e. The maximum atomic E-state index is 11.0. The molecule has 0 aliphatic carbocycles. The summed E-state index contributed by atoms with van der Waals surface area (Å²) >= 11 is 0. The second kappa shape index (κ2) is 9.59. The molecule has 5 rings (SSSR count). The van der Waals surface area contributed by atoms with Gasteiger partial charge in [-0.3, -0.25) is 4.57 Å². The molecule has 3 aromatic heterocycles. The molecule has 2 N–H and O–H groups in total. The fourth-order valence-electron chi connectivity index (χ4n) is 3.88. The van der Waals surface area contributed by atoms with Crippen LogP contribution in [-0.4, -0.2) is 76.8 Å². The molecule has 0 spiro atoms. The topological polar surface area (TPSA) is 144 Å². The normalized spacial score (nSPS) is 14.4. The lowest BCUT2D eigenvalue weighted by Gasteiger charge is -2.17. The minimum absolute atomic E-state index is 0.0165. The second-order valence-corrected chi connectivity index (χ2v) is 9.84. The molecule has 13 heteroatoms. The highest BCUT2D eigenvalue weighted by molar-refractivity contribution is 7.51. The fraction of sp³-hybridized carbons (Fsp3) is 0.381. The largest absolute Gasteiger partial charge is 0.379 e. The molecule has 12 nitrogen and oxygen atoms in total. The summed E-state index contributed by atoms with van der Waals surface area (Å²) in [5.41, 5.74) is 3.01. The number of hydrogen-bond donors (Lipinski definition) is 2. The number of rotatable bonds is 9. The van der Waals surface area contributed by atoms with Crippen LogP contribution in [0.2, 0.25) is 0 Å². The smallest absolute Gasteiger partial charge is 0.327 e. The molecule has 1 aliphatic rings. The van der Waals surface area contributed by atoms with Crippen molar-refractivity contribution in [1.82, 2.24) is 34.5 Å². The summed E-state index contributed by atoms with van der Waals surface area (Å²) in [7, 11) is -4.07. The van der Waals surface area contributed by atoms with Crippen LogP contribution >= 0.6 is 7.60 Å². The number of imidazole rings is 1. The van der Waals surface area contributed by atoms with Crippen molar-refractivity contribution in [1.29, 1.82) is 0 Å². The number of benzene rings is 1. The molecule has 0 bridgehead atoms. The first kappa shape index (κ1) is 22.6. The van der Waals surface area contributed by atoms with Gasteiger partial charge >= 0.3 is 7.60 Å². The van der Waals surface area contributed by atoms with E-state index in [1.165, 1.54) is 0 Å². The molecule has 4 heterocycles. The van der Waals surface area contributed by atoms with Gasteiger partial charge in [0.05, 0.1) is 31.9 Å². The van der Waals surface area contributed by atoms with Gasteiger partial charge in [-0.2, -0.15) is 14.6 Å². The van der Waals surface area contributed by atoms with Gasteiger partial charge in [0.2, 0.25) is 0 Å². The summed E-state index contributed by atoms with van der Waals surface area (Å²) < 4.78 is 19.8. The minimum Gasteiger partial charge on any atom is -0.379 e. The first-order chi connectivity index (χ1) is 16.5. The Morgan fingerprint density at radius 1 is 1.06 bits per heavy atom. The molecule has 0 saturated carbocycles. The quantitative estimate of drug-likeness (QED) is 0.267. The van der Waals surface area contributed by atoms with Gasteiger partial charge < -0.3 is 24.0 Å². The number of aromatic nitrogens is 7. The third-order valence-electron chi connectivity index (χ3n) is 5.61. The van der Waals surface area contributed by atoms with Crippen LogP contribution in [0.3, 0.4) is 0 Å².